The van der Waals surface area contributed by atoms with Crippen molar-refractivity contribution in [3.05, 3.63) is 0 Å². The molecule has 1 saturated heterocycles. The van der Waals surface area contributed by atoms with E-state index >= 15 is 0 Å². The molecule has 104 valence electrons. The van der Waals surface area contributed by atoms with Crippen LogP contribution in [-0.4, -0.2) is 43.5 Å². The molecule has 3 N–H and O–H groups in total. The van der Waals surface area contributed by atoms with Gasteiger partial charge in [-0.3, -0.25) is 4.79 Å². The molecule has 1 aliphatic carbocycles. The van der Waals surface area contributed by atoms with Gasteiger partial charge >= 0.3 is 0 Å². The number of likely N-dealkylation sites (tertiary alicyclic amines) is 1. The fourth-order valence-electron chi connectivity index (χ4n) is 3.43. The van der Waals surface area contributed by atoms with Crippen molar-refractivity contribution >= 4 is 5.91 Å². The summed E-state index contributed by atoms with van der Waals surface area (Å²) in [5, 5.41) is 3.18. The number of rotatable bonds is 4. The Balaban J connectivity index is 1.81. The van der Waals surface area contributed by atoms with Crippen LogP contribution in [0.2, 0.25) is 0 Å². The normalized spacial score (nSPS) is 28.2. The molecule has 1 saturated carbocycles. The molecule has 1 amide bonds. The van der Waals surface area contributed by atoms with Crippen molar-refractivity contribution in [2.45, 2.75) is 51.0 Å². The second kappa shape index (κ2) is 6.02. The molecule has 0 spiro atoms. The van der Waals surface area contributed by atoms with Gasteiger partial charge in [0.25, 0.3) is 0 Å². The van der Waals surface area contributed by atoms with Crippen molar-refractivity contribution in [1.29, 1.82) is 0 Å². The van der Waals surface area contributed by atoms with E-state index in [0.29, 0.717) is 19.0 Å². The average molecular weight is 253 g/mol. The Morgan fingerprint density at radius 2 is 2.11 bits per heavy atom. The summed E-state index contributed by atoms with van der Waals surface area (Å²) < 4.78 is 0. The summed E-state index contributed by atoms with van der Waals surface area (Å²) in [4.78, 5) is 14.4. The lowest BCUT2D eigenvalue weighted by molar-refractivity contribution is -0.124. The number of hydrogen-bond acceptors (Lipinski definition) is 3. The molecule has 1 heterocycles. The van der Waals surface area contributed by atoms with E-state index in [1.807, 2.05) is 0 Å². The first kappa shape index (κ1) is 13.8. The second-order valence-corrected chi connectivity index (χ2v) is 6.26. The molecule has 0 bridgehead atoms. The molecule has 1 atom stereocenters. The first-order chi connectivity index (χ1) is 8.63. The van der Waals surface area contributed by atoms with Gasteiger partial charge < -0.3 is 16.0 Å². The van der Waals surface area contributed by atoms with Gasteiger partial charge in [-0.15, -0.1) is 0 Å². The highest BCUT2D eigenvalue weighted by atomic mass is 16.1. The Hall–Kier alpha value is -0.610. The van der Waals surface area contributed by atoms with E-state index < -0.39 is 0 Å². The minimum Gasteiger partial charge on any atom is -0.352 e. The molecule has 1 unspecified atom stereocenters. The van der Waals surface area contributed by atoms with Gasteiger partial charge in [0.1, 0.15) is 0 Å². The molecule has 18 heavy (non-hydrogen) atoms. The van der Waals surface area contributed by atoms with Gasteiger partial charge in [0, 0.05) is 19.0 Å². The van der Waals surface area contributed by atoms with Crippen LogP contribution in [-0.2, 0) is 4.79 Å². The third-order valence-corrected chi connectivity index (χ3v) is 4.64. The minimum atomic E-state index is 0.0901. The Kier molecular flexibility index (Phi) is 4.62. The van der Waals surface area contributed by atoms with Crippen molar-refractivity contribution in [2.75, 3.05) is 26.7 Å². The number of hydrogen-bond donors (Lipinski definition) is 2. The molecule has 1 aliphatic heterocycles. The lowest BCUT2D eigenvalue weighted by atomic mass is 9.71. The predicted octanol–water partition coefficient (Wildman–Crippen LogP) is 1.11. The van der Waals surface area contributed by atoms with Gasteiger partial charge in [0.2, 0.25) is 5.91 Å². The van der Waals surface area contributed by atoms with E-state index in [0.717, 1.165) is 32.4 Å². The summed E-state index contributed by atoms with van der Waals surface area (Å²) in [6.07, 6.45) is 7.73. The lowest BCUT2D eigenvalue weighted by Crippen LogP contribution is -2.42. The van der Waals surface area contributed by atoms with E-state index in [9.17, 15) is 4.79 Å². The highest BCUT2D eigenvalue weighted by molar-refractivity contribution is 5.77. The third-order valence-electron chi connectivity index (χ3n) is 4.64. The predicted molar refractivity (Wildman–Crippen MR) is 73.2 cm³/mol. The topological polar surface area (TPSA) is 58.4 Å². The highest BCUT2D eigenvalue weighted by Gasteiger charge is 2.33. The van der Waals surface area contributed by atoms with Crippen LogP contribution in [0.4, 0.5) is 0 Å². The number of nitrogens with zero attached hydrogens (tertiary/aromatic N) is 1. The molecule has 0 aromatic carbocycles. The molecule has 0 aromatic rings. The zero-order valence-corrected chi connectivity index (χ0v) is 11.6. The Bertz CT molecular complexity index is 287. The van der Waals surface area contributed by atoms with Crippen LogP contribution in [0.3, 0.4) is 0 Å². The van der Waals surface area contributed by atoms with E-state index in [4.69, 9.17) is 5.73 Å². The molecular formula is C14H27N3O. The van der Waals surface area contributed by atoms with Crippen LogP contribution in [0.15, 0.2) is 0 Å². The molecule has 0 aromatic heterocycles. The zero-order chi connectivity index (χ0) is 13.0. The SMILES string of the molecule is CN1CCC(NC(=O)CC2(CN)CCCCC2)C1. The number of amides is 1. The molecule has 2 aliphatic rings. The summed E-state index contributed by atoms with van der Waals surface area (Å²) in [6.45, 7) is 2.74. The van der Waals surface area contributed by atoms with E-state index in [2.05, 4.69) is 17.3 Å². The first-order valence-electron chi connectivity index (χ1n) is 7.31. The summed E-state index contributed by atoms with van der Waals surface area (Å²) in [5.74, 6) is 0.211. The third kappa shape index (κ3) is 3.45. The van der Waals surface area contributed by atoms with Gasteiger partial charge in [0.15, 0.2) is 0 Å². The van der Waals surface area contributed by atoms with Crippen LogP contribution in [0, 0.1) is 5.41 Å². The standard InChI is InChI=1S/C14H27N3O/c1-17-8-5-12(10-17)16-13(18)9-14(11-15)6-3-2-4-7-14/h12H,2-11,15H2,1H3,(H,16,18). The zero-order valence-electron chi connectivity index (χ0n) is 11.6. The summed E-state index contributed by atoms with van der Waals surface area (Å²) >= 11 is 0. The Morgan fingerprint density at radius 1 is 1.39 bits per heavy atom. The molecule has 2 rings (SSSR count). The lowest BCUT2D eigenvalue weighted by Gasteiger charge is -2.36. The van der Waals surface area contributed by atoms with Crippen LogP contribution >= 0.6 is 0 Å². The molecule has 4 nitrogen and oxygen atoms in total. The van der Waals surface area contributed by atoms with Gasteiger partial charge in [-0.25, -0.2) is 0 Å². The summed E-state index contributed by atoms with van der Waals surface area (Å²) in [6, 6.07) is 0.348. The molecule has 2 fully saturated rings. The quantitative estimate of drug-likeness (QED) is 0.789. The average Bonchev–Trinajstić information content (AvgIpc) is 2.75. The maximum atomic E-state index is 12.2. The number of likely N-dealkylation sites (N-methyl/N-ethyl adjacent to an activating group) is 1. The van der Waals surface area contributed by atoms with Crippen molar-refractivity contribution in [3.8, 4) is 0 Å². The fraction of sp³-hybridized carbons (Fsp3) is 0.929. The van der Waals surface area contributed by atoms with Crippen LogP contribution in [0.25, 0.3) is 0 Å². The maximum absolute atomic E-state index is 12.2. The summed E-state index contributed by atoms with van der Waals surface area (Å²) in [7, 11) is 2.11. The molecule has 4 heteroatoms. The van der Waals surface area contributed by atoms with Gasteiger partial charge in [-0.1, -0.05) is 19.3 Å². The van der Waals surface area contributed by atoms with Crippen molar-refractivity contribution in [2.24, 2.45) is 11.1 Å². The number of carbonyl (C=O) groups is 1. The Morgan fingerprint density at radius 3 is 2.67 bits per heavy atom. The first-order valence-corrected chi connectivity index (χ1v) is 7.31. The van der Waals surface area contributed by atoms with Crippen molar-refractivity contribution in [1.82, 2.24) is 10.2 Å². The minimum absolute atomic E-state index is 0.0901. The molecular weight excluding hydrogens is 226 g/mol. The summed E-state index contributed by atoms with van der Waals surface area (Å²) in [5.41, 5.74) is 6.02. The maximum Gasteiger partial charge on any atom is 0.220 e. The van der Waals surface area contributed by atoms with Gasteiger partial charge in [0.05, 0.1) is 0 Å². The monoisotopic (exact) mass is 253 g/mol. The van der Waals surface area contributed by atoms with Crippen LogP contribution < -0.4 is 11.1 Å². The van der Waals surface area contributed by atoms with E-state index in [-0.39, 0.29) is 11.3 Å². The largest absolute Gasteiger partial charge is 0.352 e. The fourth-order valence-corrected chi connectivity index (χ4v) is 3.43. The van der Waals surface area contributed by atoms with Gasteiger partial charge in [-0.05, 0) is 44.8 Å². The highest BCUT2D eigenvalue weighted by Crippen LogP contribution is 2.38. The molecule has 0 radical (unpaired) electrons. The van der Waals surface area contributed by atoms with E-state index in [1.54, 1.807) is 0 Å². The van der Waals surface area contributed by atoms with Crippen LogP contribution in [0.5, 0.6) is 0 Å². The van der Waals surface area contributed by atoms with Gasteiger partial charge in [-0.2, -0.15) is 0 Å². The van der Waals surface area contributed by atoms with Crippen molar-refractivity contribution in [3.63, 3.8) is 0 Å². The van der Waals surface area contributed by atoms with Crippen molar-refractivity contribution < 1.29 is 4.79 Å². The van der Waals surface area contributed by atoms with E-state index in [1.165, 1.54) is 19.3 Å². The number of carbonyl (C=O) groups excluding carboxylic acids is 1. The smallest absolute Gasteiger partial charge is 0.220 e. The Labute approximate surface area is 110 Å². The number of nitrogens with two attached hydrogens (primary N) is 1. The van der Waals surface area contributed by atoms with Crippen LogP contribution in [0.1, 0.15) is 44.9 Å². The number of nitrogens with one attached hydrogen (secondary N) is 1. The second-order valence-electron chi connectivity index (χ2n) is 6.26.